The minimum Gasteiger partial charge on any atom is -0.430 e. The second-order valence-corrected chi connectivity index (χ2v) is 3.60. The molecular formula is C8H8Cl2N2O4. The van der Waals surface area contributed by atoms with Crippen LogP contribution < -0.4 is 16.0 Å². The number of rotatable bonds is 3. The van der Waals surface area contributed by atoms with Crippen LogP contribution in [0.4, 0.5) is 0 Å². The van der Waals surface area contributed by atoms with Gasteiger partial charge in [0.15, 0.2) is 0 Å². The molecule has 0 unspecified atom stereocenters. The molecule has 8 heteroatoms. The second-order valence-electron chi connectivity index (χ2n) is 2.76. The van der Waals surface area contributed by atoms with E-state index in [1.807, 2.05) is 0 Å². The van der Waals surface area contributed by atoms with Crippen LogP contribution >= 0.6 is 23.2 Å². The fraction of sp³-hybridized carbons (Fsp3) is 0.125. The van der Waals surface area contributed by atoms with Gasteiger partial charge in [-0.1, -0.05) is 23.2 Å². The van der Waals surface area contributed by atoms with Gasteiger partial charge >= 0.3 is 11.9 Å². The number of hydrogen-bond acceptors (Lipinski definition) is 5. The molecule has 0 aliphatic carbocycles. The van der Waals surface area contributed by atoms with Crippen molar-refractivity contribution in [2.75, 3.05) is 0 Å². The second kappa shape index (κ2) is 4.86. The van der Waals surface area contributed by atoms with E-state index in [0.717, 1.165) is 0 Å². The van der Waals surface area contributed by atoms with Crippen molar-refractivity contribution in [3.8, 4) is 5.75 Å². The average Bonchev–Trinajstić information content (AvgIpc) is 2.21. The minimum absolute atomic E-state index is 0.0183. The van der Waals surface area contributed by atoms with E-state index in [1.54, 1.807) is 0 Å². The SMILES string of the molecule is NNC(=O)C(O)(O)Oc1ccc(Cl)cc1Cl. The predicted molar refractivity (Wildman–Crippen MR) is 56.6 cm³/mol. The summed E-state index contributed by atoms with van der Waals surface area (Å²) < 4.78 is 4.57. The van der Waals surface area contributed by atoms with E-state index in [2.05, 4.69) is 4.74 Å². The van der Waals surface area contributed by atoms with E-state index < -0.39 is 11.9 Å². The van der Waals surface area contributed by atoms with Gasteiger partial charge in [0.2, 0.25) is 0 Å². The molecule has 0 aliphatic heterocycles. The molecular weight excluding hydrogens is 259 g/mol. The highest BCUT2D eigenvalue weighted by molar-refractivity contribution is 6.35. The monoisotopic (exact) mass is 266 g/mol. The van der Waals surface area contributed by atoms with Crippen LogP contribution in [0.2, 0.25) is 10.0 Å². The van der Waals surface area contributed by atoms with Crippen LogP contribution in [-0.2, 0) is 4.79 Å². The van der Waals surface area contributed by atoms with Gasteiger partial charge in [0.1, 0.15) is 5.75 Å². The zero-order valence-electron chi connectivity index (χ0n) is 7.78. The van der Waals surface area contributed by atoms with Gasteiger partial charge in [0, 0.05) is 5.02 Å². The minimum atomic E-state index is -3.10. The zero-order valence-corrected chi connectivity index (χ0v) is 9.29. The maximum absolute atomic E-state index is 10.9. The summed E-state index contributed by atoms with van der Waals surface area (Å²) in [5.74, 6) is 0.155. The van der Waals surface area contributed by atoms with Crippen molar-refractivity contribution in [1.29, 1.82) is 0 Å². The zero-order chi connectivity index (χ0) is 12.3. The van der Waals surface area contributed by atoms with Gasteiger partial charge in [0.25, 0.3) is 0 Å². The highest BCUT2D eigenvalue weighted by atomic mass is 35.5. The lowest BCUT2D eigenvalue weighted by molar-refractivity contribution is -0.272. The molecule has 0 spiro atoms. The van der Waals surface area contributed by atoms with E-state index in [-0.39, 0.29) is 10.8 Å². The van der Waals surface area contributed by atoms with Gasteiger partial charge in [-0.3, -0.25) is 10.2 Å². The number of nitrogens with two attached hydrogens (primary N) is 1. The third kappa shape index (κ3) is 2.97. The summed E-state index contributed by atoms with van der Waals surface area (Å²) in [7, 11) is 0. The van der Waals surface area contributed by atoms with E-state index in [9.17, 15) is 15.0 Å². The quantitative estimate of drug-likeness (QED) is 0.267. The maximum Gasteiger partial charge on any atom is 0.408 e. The van der Waals surface area contributed by atoms with Crippen molar-refractivity contribution < 1.29 is 19.7 Å². The van der Waals surface area contributed by atoms with Crippen LogP contribution in [0, 0.1) is 0 Å². The molecule has 0 heterocycles. The van der Waals surface area contributed by atoms with E-state index in [1.165, 1.54) is 23.6 Å². The summed E-state index contributed by atoms with van der Waals surface area (Å²) >= 11 is 11.3. The number of aliphatic hydroxyl groups is 2. The molecule has 88 valence electrons. The number of carbonyl (C=O) groups is 1. The number of carbonyl (C=O) groups excluding carboxylic acids is 1. The molecule has 6 nitrogen and oxygen atoms in total. The van der Waals surface area contributed by atoms with Crippen molar-refractivity contribution in [3.63, 3.8) is 0 Å². The largest absolute Gasteiger partial charge is 0.430 e. The molecule has 0 saturated carbocycles. The van der Waals surface area contributed by atoms with Crippen LogP contribution in [0.15, 0.2) is 18.2 Å². The number of hydrogen-bond donors (Lipinski definition) is 4. The lowest BCUT2D eigenvalue weighted by Crippen LogP contribution is -2.53. The Morgan fingerprint density at radius 3 is 2.56 bits per heavy atom. The average molecular weight is 267 g/mol. The predicted octanol–water partition coefficient (Wildman–Crippen LogP) is 0.000500. The molecule has 1 amide bonds. The Morgan fingerprint density at radius 2 is 2.06 bits per heavy atom. The normalized spacial score (nSPS) is 11.1. The number of ether oxygens (including phenoxy) is 1. The number of nitrogens with one attached hydrogen (secondary N) is 1. The van der Waals surface area contributed by atoms with Crippen molar-refractivity contribution in [3.05, 3.63) is 28.2 Å². The van der Waals surface area contributed by atoms with Crippen molar-refractivity contribution in [2.24, 2.45) is 5.84 Å². The number of hydrazine groups is 1. The first-order valence-corrected chi connectivity index (χ1v) is 4.72. The Bertz CT molecular complexity index is 411. The van der Waals surface area contributed by atoms with Crippen LogP contribution in [0.3, 0.4) is 0 Å². The van der Waals surface area contributed by atoms with Gasteiger partial charge in [-0.05, 0) is 18.2 Å². The Labute approximate surface area is 100 Å². The smallest absolute Gasteiger partial charge is 0.408 e. The lowest BCUT2D eigenvalue weighted by atomic mass is 10.3. The van der Waals surface area contributed by atoms with Crippen LogP contribution in [0.25, 0.3) is 0 Å². The molecule has 5 N–H and O–H groups in total. The Hall–Kier alpha value is -1.05. The van der Waals surface area contributed by atoms with Crippen LogP contribution in [-0.4, -0.2) is 22.1 Å². The molecule has 1 rings (SSSR count). The van der Waals surface area contributed by atoms with Gasteiger partial charge in [-0.15, -0.1) is 0 Å². The molecule has 16 heavy (non-hydrogen) atoms. The van der Waals surface area contributed by atoms with Crippen molar-refractivity contribution in [1.82, 2.24) is 5.43 Å². The van der Waals surface area contributed by atoms with Crippen LogP contribution in [0.1, 0.15) is 0 Å². The molecule has 0 saturated heterocycles. The molecule has 0 radical (unpaired) electrons. The fourth-order valence-electron chi connectivity index (χ4n) is 0.852. The Kier molecular flexibility index (Phi) is 3.95. The van der Waals surface area contributed by atoms with Crippen LogP contribution in [0.5, 0.6) is 5.75 Å². The topological polar surface area (TPSA) is 105 Å². The third-order valence-electron chi connectivity index (χ3n) is 1.57. The summed E-state index contributed by atoms with van der Waals surface area (Å²) in [4.78, 5) is 10.9. The number of amides is 1. The first-order valence-electron chi connectivity index (χ1n) is 3.96. The van der Waals surface area contributed by atoms with Gasteiger partial charge in [-0.2, -0.15) is 0 Å². The van der Waals surface area contributed by atoms with Gasteiger partial charge < -0.3 is 14.9 Å². The van der Waals surface area contributed by atoms with Crippen molar-refractivity contribution >= 4 is 29.1 Å². The first kappa shape index (κ1) is 13.0. The molecule has 1 aromatic carbocycles. The highest BCUT2D eigenvalue weighted by Gasteiger charge is 2.36. The molecule has 1 aromatic rings. The molecule has 0 aromatic heterocycles. The third-order valence-corrected chi connectivity index (χ3v) is 2.10. The molecule has 0 aliphatic rings. The summed E-state index contributed by atoms with van der Waals surface area (Å²) in [5.41, 5.74) is 1.52. The molecule has 0 atom stereocenters. The summed E-state index contributed by atoms with van der Waals surface area (Å²) in [6, 6.07) is 3.99. The Morgan fingerprint density at radius 1 is 1.44 bits per heavy atom. The van der Waals surface area contributed by atoms with Crippen molar-refractivity contribution in [2.45, 2.75) is 5.97 Å². The standard InChI is InChI=1S/C8H8Cl2N2O4/c9-4-1-2-6(5(10)3-4)16-8(14,15)7(13)12-11/h1-3,14-15H,11H2,(H,12,13). The number of benzene rings is 1. The molecule has 0 bridgehead atoms. The van der Waals surface area contributed by atoms with E-state index >= 15 is 0 Å². The summed E-state index contributed by atoms with van der Waals surface area (Å²) in [5, 5.41) is 18.7. The highest BCUT2D eigenvalue weighted by Crippen LogP contribution is 2.29. The summed E-state index contributed by atoms with van der Waals surface area (Å²) in [6.07, 6.45) is 0. The maximum atomic E-state index is 10.9. The lowest BCUT2D eigenvalue weighted by Gasteiger charge is -2.20. The fourth-order valence-corrected chi connectivity index (χ4v) is 1.30. The van der Waals surface area contributed by atoms with E-state index in [4.69, 9.17) is 29.0 Å². The van der Waals surface area contributed by atoms with Gasteiger partial charge in [-0.25, -0.2) is 5.84 Å². The summed E-state index contributed by atoms with van der Waals surface area (Å²) in [6.45, 7) is 0. The Balaban J connectivity index is 2.92. The molecule has 0 fully saturated rings. The number of halogens is 2. The van der Waals surface area contributed by atoms with E-state index in [0.29, 0.717) is 5.02 Å². The van der Waals surface area contributed by atoms with Gasteiger partial charge in [0.05, 0.1) is 5.02 Å². The first-order chi connectivity index (χ1) is 7.36.